The van der Waals surface area contributed by atoms with Gasteiger partial charge >= 0.3 is 0 Å². The lowest BCUT2D eigenvalue weighted by Gasteiger charge is -2.10. The molecule has 0 amide bonds. The van der Waals surface area contributed by atoms with Gasteiger partial charge in [0.1, 0.15) is 12.4 Å². The van der Waals surface area contributed by atoms with Crippen LogP contribution in [0.15, 0.2) is 46.9 Å². The van der Waals surface area contributed by atoms with Crippen LogP contribution in [0.2, 0.25) is 0 Å². The number of hydrogen-bond acceptors (Lipinski definition) is 3. The van der Waals surface area contributed by atoms with E-state index in [9.17, 15) is 0 Å². The number of halogens is 1. The van der Waals surface area contributed by atoms with Crippen molar-refractivity contribution in [3.8, 4) is 11.8 Å². The standard InChI is InChI=1S/C15H13BrN2O/c16-14-4-2-1-3-12(14)10-19-13-5-6-15(18)11(9-13)7-8-17/h1-6,9H,7,10,18H2. The van der Waals surface area contributed by atoms with E-state index in [0.717, 1.165) is 21.3 Å². The molecule has 0 fully saturated rings. The highest BCUT2D eigenvalue weighted by molar-refractivity contribution is 9.10. The largest absolute Gasteiger partial charge is 0.489 e. The molecule has 0 bridgehead atoms. The van der Waals surface area contributed by atoms with Crippen LogP contribution in [0.5, 0.6) is 5.75 Å². The zero-order chi connectivity index (χ0) is 13.7. The minimum Gasteiger partial charge on any atom is -0.489 e. The third-order valence-electron chi connectivity index (χ3n) is 2.74. The second-order valence-electron chi connectivity index (χ2n) is 4.08. The van der Waals surface area contributed by atoms with Crippen LogP contribution in [0.25, 0.3) is 0 Å². The maximum atomic E-state index is 8.73. The van der Waals surface area contributed by atoms with Gasteiger partial charge in [-0.15, -0.1) is 0 Å². The molecule has 2 N–H and O–H groups in total. The van der Waals surface area contributed by atoms with Gasteiger partial charge in [0, 0.05) is 15.7 Å². The molecule has 0 aromatic heterocycles. The molecular weight excluding hydrogens is 304 g/mol. The van der Waals surface area contributed by atoms with Crippen molar-refractivity contribution in [2.75, 3.05) is 5.73 Å². The van der Waals surface area contributed by atoms with Gasteiger partial charge in [0.2, 0.25) is 0 Å². The van der Waals surface area contributed by atoms with Crippen molar-refractivity contribution in [1.82, 2.24) is 0 Å². The first-order valence-electron chi connectivity index (χ1n) is 5.82. The molecule has 0 saturated carbocycles. The van der Waals surface area contributed by atoms with Gasteiger partial charge in [-0.2, -0.15) is 5.26 Å². The SMILES string of the molecule is N#CCc1cc(OCc2ccccc2Br)ccc1N. The first-order chi connectivity index (χ1) is 9.20. The summed E-state index contributed by atoms with van der Waals surface area (Å²) in [6, 6.07) is 15.4. The van der Waals surface area contributed by atoms with E-state index in [1.807, 2.05) is 36.4 Å². The Labute approximate surface area is 120 Å². The predicted octanol–water partition coefficient (Wildman–Crippen LogP) is 3.68. The summed E-state index contributed by atoms with van der Waals surface area (Å²) >= 11 is 3.48. The molecule has 3 nitrogen and oxygen atoms in total. The van der Waals surface area contributed by atoms with E-state index in [0.29, 0.717) is 12.3 Å². The fraction of sp³-hybridized carbons (Fsp3) is 0.133. The Hall–Kier alpha value is -1.99. The number of nitrogens with zero attached hydrogens (tertiary/aromatic N) is 1. The van der Waals surface area contributed by atoms with Crippen LogP contribution in [0.4, 0.5) is 5.69 Å². The molecule has 96 valence electrons. The second-order valence-corrected chi connectivity index (χ2v) is 4.93. The number of ether oxygens (including phenoxy) is 1. The number of anilines is 1. The van der Waals surface area contributed by atoms with Crippen LogP contribution in [-0.4, -0.2) is 0 Å². The third-order valence-corrected chi connectivity index (χ3v) is 3.51. The Bertz CT molecular complexity index is 620. The number of hydrogen-bond donors (Lipinski definition) is 1. The van der Waals surface area contributed by atoms with Crippen molar-refractivity contribution < 1.29 is 4.74 Å². The lowest BCUT2D eigenvalue weighted by Crippen LogP contribution is -1.99. The van der Waals surface area contributed by atoms with Crippen molar-refractivity contribution in [2.45, 2.75) is 13.0 Å². The van der Waals surface area contributed by atoms with Crippen LogP contribution in [0.1, 0.15) is 11.1 Å². The van der Waals surface area contributed by atoms with Crippen LogP contribution < -0.4 is 10.5 Å². The summed E-state index contributed by atoms with van der Waals surface area (Å²) in [6.45, 7) is 0.470. The first kappa shape index (κ1) is 13.4. The quantitative estimate of drug-likeness (QED) is 0.875. The van der Waals surface area contributed by atoms with Gasteiger partial charge in [0.25, 0.3) is 0 Å². The fourth-order valence-electron chi connectivity index (χ4n) is 1.69. The van der Waals surface area contributed by atoms with Gasteiger partial charge in [0.15, 0.2) is 0 Å². The van der Waals surface area contributed by atoms with Gasteiger partial charge in [-0.3, -0.25) is 0 Å². The lowest BCUT2D eigenvalue weighted by molar-refractivity contribution is 0.305. The van der Waals surface area contributed by atoms with E-state index < -0.39 is 0 Å². The van der Waals surface area contributed by atoms with E-state index in [2.05, 4.69) is 22.0 Å². The molecule has 0 unspecified atom stereocenters. The van der Waals surface area contributed by atoms with Crippen molar-refractivity contribution in [3.05, 3.63) is 58.1 Å². The van der Waals surface area contributed by atoms with Gasteiger partial charge in [-0.25, -0.2) is 0 Å². The van der Waals surface area contributed by atoms with Gasteiger partial charge < -0.3 is 10.5 Å². The fourth-order valence-corrected chi connectivity index (χ4v) is 2.09. The average Bonchev–Trinajstić information content (AvgIpc) is 2.41. The Balaban J connectivity index is 2.10. The normalized spacial score (nSPS) is 9.89. The van der Waals surface area contributed by atoms with Crippen molar-refractivity contribution >= 4 is 21.6 Å². The zero-order valence-corrected chi connectivity index (χ0v) is 11.9. The molecule has 4 heteroatoms. The number of benzene rings is 2. The molecule has 0 saturated heterocycles. The molecule has 2 rings (SSSR count). The van der Waals surface area contributed by atoms with Crippen LogP contribution in [0, 0.1) is 11.3 Å². The summed E-state index contributed by atoms with van der Waals surface area (Å²) in [5.74, 6) is 0.718. The molecule has 2 aromatic carbocycles. The summed E-state index contributed by atoms with van der Waals surface area (Å²) in [5, 5.41) is 8.73. The van der Waals surface area contributed by atoms with E-state index in [4.69, 9.17) is 15.7 Å². The predicted molar refractivity (Wildman–Crippen MR) is 78.6 cm³/mol. The monoisotopic (exact) mass is 316 g/mol. The number of rotatable bonds is 4. The zero-order valence-electron chi connectivity index (χ0n) is 10.3. The first-order valence-corrected chi connectivity index (χ1v) is 6.61. The number of nitriles is 1. The summed E-state index contributed by atoms with van der Waals surface area (Å²) in [5.41, 5.74) is 8.28. The van der Waals surface area contributed by atoms with Gasteiger partial charge in [0.05, 0.1) is 12.5 Å². The van der Waals surface area contributed by atoms with Crippen LogP contribution >= 0.6 is 15.9 Å². The highest BCUT2D eigenvalue weighted by Gasteiger charge is 2.03. The molecule has 0 aliphatic rings. The molecule has 0 radical (unpaired) electrons. The summed E-state index contributed by atoms with van der Waals surface area (Å²) < 4.78 is 6.74. The molecule has 0 aliphatic heterocycles. The molecule has 19 heavy (non-hydrogen) atoms. The molecule has 0 atom stereocenters. The highest BCUT2D eigenvalue weighted by Crippen LogP contribution is 2.22. The maximum absolute atomic E-state index is 8.73. The molecular formula is C15H13BrN2O. The Morgan fingerprint density at radius 1 is 1.16 bits per heavy atom. The molecule has 0 aliphatic carbocycles. The van der Waals surface area contributed by atoms with Crippen LogP contribution in [-0.2, 0) is 13.0 Å². The Kier molecular flexibility index (Phi) is 4.43. The average molecular weight is 317 g/mol. The Morgan fingerprint density at radius 3 is 2.68 bits per heavy atom. The molecule has 0 spiro atoms. The van der Waals surface area contributed by atoms with Crippen molar-refractivity contribution in [3.63, 3.8) is 0 Å². The number of nitrogen functional groups attached to an aromatic ring is 1. The minimum atomic E-state index is 0.290. The van der Waals surface area contributed by atoms with E-state index in [1.54, 1.807) is 6.07 Å². The van der Waals surface area contributed by atoms with Gasteiger partial charge in [-0.05, 0) is 29.8 Å². The van der Waals surface area contributed by atoms with Crippen molar-refractivity contribution in [2.24, 2.45) is 0 Å². The van der Waals surface area contributed by atoms with E-state index in [-0.39, 0.29) is 6.42 Å². The van der Waals surface area contributed by atoms with E-state index in [1.165, 1.54) is 0 Å². The van der Waals surface area contributed by atoms with E-state index >= 15 is 0 Å². The summed E-state index contributed by atoms with van der Waals surface area (Å²) in [7, 11) is 0. The summed E-state index contributed by atoms with van der Waals surface area (Å²) in [6.07, 6.45) is 0.290. The number of nitrogens with two attached hydrogens (primary N) is 1. The topological polar surface area (TPSA) is 59.0 Å². The molecule has 0 heterocycles. The lowest BCUT2D eigenvalue weighted by atomic mass is 10.1. The smallest absolute Gasteiger partial charge is 0.120 e. The second kappa shape index (κ2) is 6.26. The highest BCUT2D eigenvalue weighted by atomic mass is 79.9. The third kappa shape index (κ3) is 3.49. The van der Waals surface area contributed by atoms with Crippen LogP contribution in [0.3, 0.4) is 0 Å². The maximum Gasteiger partial charge on any atom is 0.120 e. The Morgan fingerprint density at radius 2 is 1.95 bits per heavy atom. The molecule has 2 aromatic rings. The summed E-state index contributed by atoms with van der Waals surface area (Å²) in [4.78, 5) is 0. The van der Waals surface area contributed by atoms with Gasteiger partial charge in [-0.1, -0.05) is 34.1 Å². The van der Waals surface area contributed by atoms with Crippen molar-refractivity contribution in [1.29, 1.82) is 5.26 Å². The minimum absolute atomic E-state index is 0.290.